The number of amides is 1. The molecule has 4 fully saturated rings. The van der Waals surface area contributed by atoms with Gasteiger partial charge in [-0.1, -0.05) is 24.1 Å². The normalized spacial score (nSPS) is 33.3. The minimum absolute atomic E-state index is 0.0161. The van der Waals surface area contributed by atoms with Gasteiger partial charge in [0.1, 0.15) is 5.82 Å². The molecule has 3 aliphatic heterocycles. The highest BCUT2D eigenvalue weighted by Gasteiger charge is 2.39. The van der Waals surface area contributed by atoms with Crippen molar-refractivity contribution in [2.45, 2.75) is 75.5 Å². The van der Waals surface area contributed by atoms with Crippen molar-refractivity contribution in [3.63, 3.8) is 0 Å². The van der Waals surface area contributed by atoms with Crippen LogP contribution in [0.25, 0.3) is 0 Å². The van der Waals surface area contributed by atoms with Gasteiger partial charge in [-0.05, 0) is 62.1 Å². The highest BCUT2D eigenvalue weighted by atomic mass is 35.5. The molecule has 1 amide bonds. The number of fused-ring (bicyclic) bond motifs is 2. The molecule has 38 heavy (non-hydrogen) atoms. The number of carbonyl (C=O) groups excluding carboxylic acids is 1. The monoisotopic (exact) mass is 572 g/mol. The highest BCUT2D eigenvalue weighted by molar-refractivity contribution is 8.22. The van der Waals surface area contributed by atoms with Crippen LogP contribution < -0.4 is 10.6 Å². The molecule has 0 spiro atoms. The Hall–Kier alpha value is -0.980. The quantitative estimate of drug-likeness (QED) is 0.366. The Bertz CT molecular complexity index is 969. The number of hydrogen-bond donors (Lipinski definition) is 4. The number of carbonyl (C=O) groups is 1. The summed E-state index contributed by atoms with van der Waals surface area (Å²) in [4.78, 5) is 15.5. The van der Waals surface area contributed by atoms with Crippen LogP contribution in [-0.4, -0.2) is 87.5 Å². The van der Waals surface area contributed by atoms with E-state index in [9.17, 15) is 18.3 Å². The zero-order chi connectivity index (χ0) is 26.7. The molecule has 4 N–H and O–H groups in total. The molecule has 6 atom stereocenters. The first-order chi connectivity index (χ1) is 18.3. The summed E-state index contributed by atoms with van der Waals surface area (Å²) in [6, 6.07) is 5.15. The third-order valence-electron chi connectivity index (χ3n) is 8.87. The molecule has 1 unspecified atom stereocenters. The Morgan fingerprint density at radius 2 is 2.03 bits per heavy atom. The molecular formula is C27H42ClFN4O4S. The summed E-state index contributed by atoms with van der Waals surface area (Å²) in [6.45, 7) is 4.06. The van der Waals surface area contributed by atoms with Crippen LogP contribution in [0, 0.1) is 11.7 Å². The maximum absolute atomic E-state index is 14.3. The third-order valence-corrected chi connectivity index (χ3v) is 11.2. The van der Waals surface area contributed by atoms with Crippen molar-refractivity contribution in [2.75, 3.05) is 45.1 Å². The van der Waals surface area contributed by atoms with Gasteiger partial charge in [-0.15, -0.1) is 10.8 Å². The van der Waals surface area contributed by atoms with E-state index in [1.807, 2.05) is 10.4 Å². The molecule has 8 nitrogen and oxygen atoms in total. The molecule has 0 radical (unpaired) electrons. The molecule has 4 aliphatic rings. The average molecular weight is 573 g/mol. The molecule has 2 bridgehead atoms. The number of nitrogens with zero attached hydrogens (tertiary/aromatic N) is 2. The van der Waals surface area contributed by atoms with Gasteiger partial charge in [-0.25, -0.2) is 8.70 Å². The first-order valence-corrected chi connectivity index (χ1v) is 16.2. The average Bonchev–Trinajstić information content (AvgIpc) is 3.30. The largest absolute Gasteiger partial charge is 0.379 e. The van der Waals surface area contributed by atoms with Crippen molar-refractivity contribution >= 4 is 28.3 Å². The summed E-state index contributed by atoms with van der Waals surface area (Å²) < 4.78 is 43.3. The summed E-state index contributed by atoms with van der Waals surface area (Å²) in [6.07, 6.45) is 7.02. The number of benzene rings is 1. The van der Waals surface area contributed by atoms with E-state index in [2.05, 4.69) is 15.5 Å². The minimum atomic E-state index is -2.70. The lowest BCUT2D eigenvalue weighted by molar-refractivity contribution is -0.124. The van der Waals surface area contributed by atoms with E-state index in [1.54, 1.807) is 6.07 Å². The summed E-state index contributed by atoms with van der Waals surface area (Å²) in [5, 5.41) is 7.00. The third kappa shape index (κ3) is 6.83. The maximum atomic E-state index is 14.3. The standard InChI is InChI=1S/C27H42ClFN4O4S/c28-23-9-7-20(15-24(23)29)26(32-10-12-37-13-11-32)16-27(34)31-25-5-1-3-19(25)6-8-22-17-30-21-4-2-14-38(35,36)33(22)18-21/h7,9,15,19,21-22,25-26,30,35-36H,1-6,8,10-14,16-18H2,(H,31,34)/t19-,21-,22+,25+,26+/m1/s1. The van der Waals surface area contributed by atoms with Crippen molar-refractivity contribution in [3.05, 3.63) is 34.6 Å². The van der Waals surface area contributed by atoms with Crippen LogP contribution in [0.1, 0.15) is 63.0 Å². The number of morpholine rings is 1. The summed E-state index contributed by atoms with van der Waals surface area (Å²) in [7, 11) is -2.70. The lowest BCUT2D eigenvalue weighted by atomic mass is 9.93. The van der Waals surface area contributed by atoms with Gasteiger partial charge < -0.3 is 15.4 Å². The maximum Gasteiger partial charge on any atom is 0.222 e. The first-order valence-electron chi connectivity index (χ1n) is 14.1. The van der Waals surface area contributed by atoms with E-state index in [4.69, 9.17) is 16.3 Å². The second-order valence-electron chi connectivity index (χ2n) is 11.3. The number of rotatable bonds is 8. The van der Waals surface area contributed by atoms with Crippen LogP contribution in [0.3, 0.4) is 0 Å². The fourth-order valence-corrected chi connectivity index (χ4v) is 8.74. The summed E-state index contributed by atoms with van der Waals surface area (Å²) >= 11 is 5.92. The van der Waals surface area contributed by atoms with E-state index in [1.165, 1.54) is 6.07 Å². The smallest absolute Gasteiger partial charge is 0.222 e. The molecule has 3 heterocycles. The van der Waals surface area contributed by atoms with Crippen LogP contribution in [0.5, 0.6) is 0 Å². The molecule has 11 heteroatoms. The minimum Gasteiger partial charge on any atom is -0.379 e. The number of halogens is 2. The van der Waals surface area contributed by atoms with E-state index in [-0.39, 0.29) is 35.5 Å². The molecule has 214 valence electrons. The van der Waals surface area contributed by atoms with Crippen LogP contribution in [0.2, 0.25) is 5.02 Å². The van der Waals surface area contributed by atoms with Gasteiger partial charge in [-0.3, -0.25) is 18.8 Å². The molecule has 1 saturated carbocycles. The zero-order valence-electron chi connectivity index (χ0n) is 22.0. The van der Waals surface area contributed by atoms with Crippen LogP contribution in [-0.2, 0) is 9.53 Å². The molecule has 5 rings (SSSR count). The summed E-state index contributed by atoms with van der Waals surface area (Å²) in [5.74, 6) is 0.354. The Morgan fingerprint density at radius 1 is 1.21 bits per heavy atom. The number of hydrogen-bond acceptors (Lipinski definition) is 7. The van der Waals surface area contributed by atoms with E-state index in [0.717, 1.165) is 57.1 Å². The van der Waals surface area contributed by atoms with E-state index >= 15 is 0 Å². The van der Waals surface area contributed by atoms with E-state index in [0.29, 0.717) is 50.6 Å². The van der Waals surface area contributed by atoms with Crippen LogP contribution in [0.4, 0.5) is 4.39 Å². The lowest BCUT2D eigenvalue weighted by Gasteiger charge is -2.49. The Balaban J connectivity index is 1.19. The van der Waals surface area contributed by atoms with Gasteiger partial charge >= 0.3 is 0 Å². The van der Waals surface area contributed by atoms with Gasteiger partial charge in [0.25, 0.3) is 0 Å². The van der Waals surface area contributed by atoms with Gasteiger partial charge in [-0.2, -0.15) is 0 Å². The van der Waals surface area contributed by atoms with Crippen LogP contribution >= 0.6 is 22.4 Å². The Kier molecular flexibility index (Phi) is 9.53. The molecule has 1 aromatic rings. The highest BCUT2D eigenvalue weighted by Crippen LogP contribution is 2.49. The fourth-order valence-electron chi connectivity index (χ4n) is 6.76. The van der Waals surface area contributed by atoms with Gasteiger partial charge in [0.2, 0.25) is 5.91 Å². The number of piperazine rings is 1. The topological polar surface area (TPSA) is 97.3 Å². The van der Waals surface area contributed by atoms with Gasteiger partial charge in [0.15, 0.2) is 0 Å². The van der Waals surface area contributed by atoms with Crippen molar-refractivity contribution in [1.82, 2.24) is 19.8 Å². The zero-order valence-corrected chi connectivity index (χ0v) is 23.6. The van der Waals surface area contributed by atoms with Crippen molar-refractivity contribution in [1.29, 1.82) is 0 Å². The van der Waals surface area contributed by atoms with Gasteiger partial charge in [0, 0.05) is 56.8 Å². The fraction of sp³-hybridized carbons (Fsp3) is 0.741. The Labute approximate surface area is 232 Å². The van der Waals surface area contributed by atoms with Crippen molar-refractivity contribution in [2.24, 2.45) is 5.92 Å². The molecule has 3 saturated heterocycles. The lowest BCUT2D eigenvalue weighted by Crippen LogP contribution is -2.55. The van der Waals surface area contributed by atoms with Crippen molar-refractivity contribution in [3.8, 4) is 0 Å². The second kappa shape index (κ2) is 12.7. The number of nitrogens with one attached hydrogen (secondary N) is 2. The Morgan fingerprint density at radius 3 is 2.82 bits per heavy atom. The van der Waals surface area contributed by atoms with Crippen molar-refractivity contribution < 1.29 is 23.0 Å². The SMILES string of the molecule is O=C(C[C@@H](c1ccc(Cl)c(F)c1)N1CCOCC1)N[C@H]1CCC[C@@H]1CC[C@H]1CN[C@@H]2CCCS(O)(O)N1C2. The summed E-state index contributed by atoms with van der Waals surface area (Å²) in [5.41, 5.74) is 0.756. The van der Waals surface area contributed by atoms with Crippen LogP contribution in [0.15, 0.2) is 18.2 Å². The molecule has 0 aromatic heterocycles. The molecular weight excluding hydrogens is 531 g/mol. The van der Waals surface area contributed by atoms with E-state index < -0.39 is 16.6 Å². The second-order valence-corrected chi connectivity index (χ2v) is 13.9. The first kappa shape index (κ1) is 28.5. The molecule has 1 aliphatic carbocycles. The predicted molar refractivity (Wildman–Crippen MR) is 149 cm³/mol. The van der Waals surface area contributed by atoms with Gasteiger partial charge in [0.05, 0.1) is 24.0 Å². The number of ether oxygens (including phenoxy) is 1. The molecule has 1 aromatic carbocycles. The predicted octanol–water partition coefficient (Wildman–Crippen LogP) is 4.41.